The van der Waals surface area contributed by atoms with E-state index in [1.807, 2.05) is 0 Å². The highest BCUT2D eigenvalue weighted by Crippen LogP contribution is 2.17. The average Bonchev–Trinajstić information content (AvgIpc) is 2.65. The summed E-state index contributed by atoms with van der Waals surface area (Å²) in [4.78, 5) is 0. The zero-order valence-corrected chi connectivity index (χ0v) is 11.0. The Morgan fingerprint density at radius 1 is 1.29 bits per heavy atom. The molecule has 1 rings (SSSR count). The van der Waals surface area contributed by atoms with Crippen LogP contribution in [0.5, 0.6) is 0 Å². The van der Waals surface area contributed by atoms with Crippen molar-refractivity contribution in [3.8, 4) is 0 Å². The number of hydrogen-bond acceptors (Lipinski definition) is 4. The van der Waals surface area contributed by atoms with E-state index in [0.717, 1.165) is 12.8 Å². The molecule has 0 radical (unpaired) electrons. The lowest BCUT2D eigenvalue weighted by atomic mass is 10.1. The number of unbranched alkanes of at least 4 members (excludes halogenated alkanes) is 2. The SMILES string of the molecule is CCCCCC(CC)OC[C@@H]1OC[C@H](O)[C@H]1O. The molecule has 102 valence electrons. The third-order valence-corrected chi connectivity index (χ3v) is 3.34. The molecule has 0 aromatic carbocycles. The van der Waals surface area contributed by atoms with Crippen molar-refractivity contribution in [1.29, 1.82) is 0 Å². The van der Waals surface area contributed by atoms with Crippen molar-refractivity contribution in [2.75, 3.05) is 13.2 Å². The molecule has 4 heteroatoms. The molecule has 1 fully saturated rings. The quantitative estimate of drug-likeness (QED) is 0.637. The van der Waals surface area contributed by atoms with Crippen molar-refractivity contribution in [3.05, 3.63) is 0 Å². The Balaban J connectivity index is 2.18. The smallest absolute Gasteiger partial charge is 0.110 e. The molecule has 0 aliphatic carbocycles. The van der Waals surface area contributed by atoms with E-state index in [1.165, 1.54) is 19.3 Å². The molecule has 0 bridgehead atoms. The first-order valence-corrected chi connectivity index (χ1v) is 6.78. The molecule has 1 aliphatic heterocycles. The van der Waals surface area contributed by atoms with E-state index in [1.54, 1.807) is 0 Å². The van der Waals surface area contributed by atoms with Gasteiger partial charge in [-0.3, -0.25) is 0 Å². The molecule has 2 N–H and O–H groups in total. The van der Waals surface area contributed by atoms with Crippen molar-refractivity contribution in [1.82, 2.24) is 0 Å². The third kappa shape index (κ3) is 4.92. The van der Waals surface area contributed by atoms with Gasteiger partial charge in [-0.15, -0.1) is 0 Å². The third-order valence-electron chi connectivity index (χ3n) is 3.34. The summed E-state index contributed by atoms with van der Waals surface area (Å²) in [5.74, 6) is 0. The second kappa shape index (κ2) is 8.03. The highest BCUT2D eigenvalue weighted by molar-refractivity contribution is 4.83. The highest BCUT2D eigenvalue weighted by atomic mass is 16.6. The largest absolute Gasteiger partial charge is 0.388 e. The van der Waals surface area contributed by atoms with Gasteiger partial charge in [0.1, 0.15) is 18.3 Å². The van der Waals surface area contributed by atoms with Gasteiger partial charge in [-0.2, -0.15) is 0 Å². The highest BCUT2D eigenvalue weighted by Gasteiger charge is 2.34. The molecule has 1 aliphatic rings. The predicted octanol–water partition coefficient (Wildman–Crippen LogP) is 1.48. The molecule has 0 aromatic rings. The van der Waals surface area contributed by atoms with Crippen molar-refractivity contribution >= 4 is 0 Å². The Kier molecular flexibility index (Phi) is 7.04. The number of aliphatic hydroxyl groups is 2. The van der Waals surface area contributed by atoms with Crippen LogP contribution >= 0.6 is 0 Å². The first-order chi connectivity index (χ1) is 8.19. The summed E-state index contributed by atoms with van der Waals surface area (Å²) in [6.45, 7) is 4.88. The van der Waals surface area contributed by atoms with Crippen LogP contribution in [-0.4, -0.2) is 47.8 Å². The predicted molar refractivity (Wildman–Crippen MR) is 65.9 cm³/mol. The van der Waals surface area contributed by atoms with Gasteiger partial charge in [-0.25, -0.2) is 0 Å². The normalized spacial score (nSPS) is 30.7. The number of aliphatic hydroxyl groups excluding tert-OH is 2. The number of rotatable bonds is 8. The van der Waals surface area contributed by atoms with E-state index in [9.17, 15) is 10.2 Å². The molecule has 0 amide bonds. The summed E-state index contributed by atoms with van der Waals surface area (Å²) in [7, 11) is 0. The van der Waals surface area contributed by atoms with Crippen LogP contribution in [-0.2, 0) is 9.47 Å². The lowest BCUT2D eigenvalue weighted by Gasteiger charge is -2.20. The fourth-order valence-electron chi connectivity index (χ4n) is 2.07. The van der Waals surface area contributed by atoms with Crippen LogP contribution in [0, 0.1) is 0 Å². The fourth-order valence-corrected chi connectivity index (χ4v) is 2.07. The van der Waals surface area contributed by atoms with Gasteiger partial charge in [0, 0.05) is 0 Å². The Bertz CT molecular complexity index is 198. The number of hydrogen-bond donors (Lipinski definition) is 2. The molecular weight excluding hydrogens is 220 g/mol. The van der Waals surface area contributed by atoms with Gasteiger partial charge in [-0.05, 0) is 12.8 Å². The maximum absolute atomic E-state index is 9.60. The summed E-state index contributed by atoms with van der Waals surface area (Å²) in [5, 5.41) is 18.9. The van der Waals surface area contributed by atoms with Crippen LogP contribution in [0.1, 0.15) is 46.0 Å². The summed E-state index contributed by atoms with van der Waals surface area (Å²) < 4.78 is 11.0. The Hall–Kier alpha value is -0.160. The topological polar surface area (TPSA) is 58.9 Å². The summed E-state index contributed by atoms with van der Waals surface area (Å²) in [6, 6.07) is 0. The molecule has 1 saturated heterocycles. The minimum Gasteiger partial charge on any atom is -0.388 e. The average molecular weight is 246 g/mol. The molecule has 17 heavy (non-hydrogen) atoms. The zero-order chi connectivity index (χ0) is 12.7. The minimum atomic E-state index is -0.803. The van der Waals surface area contributed by atoms with Crippen LogP contribution < -0.4 is 0 Å². The second-order valence-corrected chi connectivity index (χ2v) is 4.79. The summed E-state index contributed by atoms with van der Waals surface area (Å²) >= 11 is 0. The van der Waals surface area contributed by atoms with Crippen molar-refractivity contribution in [2.45, 2.75) is 70.4 Å². The maximum Gasteiger partial charge on any atom is 0.110 e. The van der Waals surface area contributed by atoms with Crippen LogP contribution in [0.25, 0.3) is 0 Å². The van der Waals surface area contributed by atoms with E-state index in [2.05, 4.69) is 13.8 Å². The fraction of sp³-hybridized carbons (Fsp3) is 1.00. The first kappa shape index (κ1) is 14.9. The lowest BCUT2D eigenvalue weighted by Crippen LogP contribution is -2.34. The van der Waals surface area contributed by atoms with E-state index in [4.69, 9.17) is 9.47 Å². The first-order valence-electron chi connectivity index (χ1n) is 6.78. The van der Waals surface area contributed by atoms with Gasteiger partial charge in [-0.1, -0.05) is 33.1 Å². The summed E-state index contributed by atoms with van der Waals surface area (Å²) in [6.07, 6.45) is 4.00. The zero-order valence-electron chi connectivity index (χ0n) is 11.0. The van der Waals surface area contributed by atoms with E-state index in [0.29, 0.717) is 6.61 Å². The van der Waals surface area contributed by atoms with E-state index in [-0.39, 0.29) is 18.8 Å². The molecule has 1 heterocycles. The van der Waals surface area contributed by atoms with Crippen molar-refractivity contribution in [2.24, 2.45) is 0 Å². The van der Waals surface area contributed by atoms with Crippen LogP contribution in [0.3, 0.4) is 0 Å². The van der Waals surface area contributed by atoms with Crippen molar-refractivity contribution < 1.29 is 19.7 Å². The summed E-state index contributed by atoms with van der Waals surface area (Å²) in [5.41, 5.74) is 0. The molecular formula is C13H26O4. The Morgan fingerprint density at radius 2 is 2.06 bits per heavy atom. The van der Waals surface area contributed by atoms with Gasteiger partial charge >= 0.3 is 0 Å². The minimum absolute atomic E-state index is 0.210. The van der Waals surface area contributed by atoms with Crippen LogP contribution in [0.15, 0.2) is 0 Å². The number of ether oxygens (including phenoxy) is 2. The molecule has 4 atom stereocenters. The molecule has 0 spiro atoms. The molecule has 4 nitrogen and oxygen atoms in total. The van der Waals surface area contributed by atoms with E-state index < -0.39 is 12.2 Å². The van der Waals surface area contributed by atoms with Gasteiger partial charge in [0.2, 0.25) is 0 Å². The molecule has 0 aromatic heterocycles. The Labute approximate surface area is 104 Å². The van der Waals surface area contributed by atoms with Gasteiger partial charge in [0.05, 0.1) is 19.3 Å². The lowest BCUT2D eigenvalue weighted by molar-refractivity contribution is -0.0570. The van der Waals surface area contributed by atoms with E-state index >= 15 is 0 Å². The molecule has 0 saturated carbocycles. The molecule has 1 unspecified atom stereocenters. The monoisotopic (exact) mass is 246 g/mol. The maximum atomic E-state index is 9.60. The van der Waals surface area contributed by atoms with Crippen LogP contribution in [0.4, 0.5) is 0 Å². The standard InChI is InChI=1S/C13H26O4/c1-3-5-6-7-10(4-2)16-9-12-13(15)11(14)8-17-12/h10-15H,3-9H2,1-2H3/t10?,11-,12-,13+/m0/s1. The van der Waals surface area contributed by atoms with Crippen molar-refractivity contribution in [3.63, 3.8) is 0 Å². The van der Waals surface area contributed by atoms with Gasteiger partial charge in [0.15, 0.2) is 0 Å². The second-order valence-electron chi connectivity index (χ2n) is 4.79. The van der Waals surface area contributed by atoms with Gasteiger partial charge < -0.3 is 19.7 Å². The van der Waals surface area contributed by atoms with Crippen LogP contribution in [0.2, 0.25) is 0 Å². The van der Waals surface area contributed by atoms with Gasteiger partial charge in [0.25, 0.3) is 0 Å². The Morgan fingerprint density at radius 3 is 2.59 bits per heavy atom.